The summed E-state index contributed by atoms with van der Waals surface area (Å²) in [6.07, 6.45) is 92.2. The summed E-state index contributed by atoms with van der Waals surface area (Å²) < 4.78 is 16.9. The zero-order valence-corrected chi connectivity index (χ0v) is 51.6. The Balaban J connectivity index is 4.28. The van der Waals surface area contributed by atoms with Crippen molar-refractivity contribution < 1.29 is 28.6 Å². The Hall–Kier alpha value is -4.19. The molecule has 0 aliphatic carbocycles. The van der Waals surface area contributed by atoms with Crippen molar-refractivity contribution >= 4 is 17.9 Å². The Morgan fingerprint density at radius 1 is 0.253 bits per heavy atom. The van der Waals surface area contributed by atoms with E-state index in [1.165, 1.54) is 116 Å². The van der Waals surface area contributed by atoms with Crippen LogP contribution in [-0.2, 0) is 28.6 Å². The highest BCUT2D eigenvalue weighted by Gasteiger charge is 2.19. The van der Waals surface area contributed by atoms with Crippen molar-refractivity contribution in [3.63, 3.8) is 0 Å². The fraction of sp³-hybridized carbons (Fsp3) is 0.685. The molecule has 0 aliphatic rings. The zero-order chi connectivity index (χ0) is 57.1. The van der Waals surface area contributed by atoms with Gasteiger partial charge >= 0.3 is 17.9 Å². The van der Waals surface area contributed by atoms with Gasteiger partial charge in [0.15, 0.2) is 6.10 Å². The highest BCUT2D eigenvalue weighted by Crippen LogP contribution is 2.17. The predicted molar refractivity (Wildman–Crippen MR) is 343 cm³/mol. The highest BCUT2D eigenvalue weighted by molar-refractivity contribution is 5.71. The third-order valence-electron chi connectivity index (χ3n) is 13.9. The second-order valence-electron chi connectivity index (χ2n) is 21.6. The first kappa shape index (κ1) is 74.8. The van der Waals surface area contributed by atoms with E-state index in [1.54, 1.807) is 0 Å². The molecule has 0 radical (unpaired) electrons. The van der Waals surface area contributed by atoms with Crippen molar-refractivity contribution in [2.24, 2.45) is 0 Å². The molecular weight excluding hydrogens is 973 g/mol. The average molecular weight is 1100 g/mol. The lowest BCUT2D eigenvalue weighted by Gasteiger charge is -2.18. The number of unbranched alkanes of at least 4 members (excludes halogenated alkanes) is 28. The van der Waals surface area contributed by atoms with Crippen LogP contribution >= 0.6 is 0 Å². The van der Waals surface area contributed by atoms with Crippen molar-refractivity contribution in [1.82, 2.24) is 0 Å². The molecule has 0 rings (SSSR count). The van der Waals surface area contributed by atoms with Crippen LogP contribution in [0.3, 0.4) is 0 Å². The van der Waals surface area contributed by atoms with E-state index >= 15 is 0 Å². The maximum Gasteiger partial charge on any atom is 0.306 e. The summed E-state index contributed by atoms with van der Waals surface area (Å²) in [6.45, 7) is 6.30. The van der Waals surface area contributed by atoms with Gasteiger partial charge in [0.2, 0.25) is 0 Å². The van der Waals surface area contributed by atoms with Gasteiger partial charge in [0.05, 0.1) is 0 Å². The van der Waals surface area contributed by atoms with Gasteiger partial charge in [-0.15, -0.1) is 0 Å². The highest BCUT2D eigenvalue weighted by atomic mass is 16.6. The minimum atomic E-state index is -0.794. The van der Waals surface area contributed by atoms with Crippen LogP contribution in [0.25, 0.3) is 0 Å². The molecule has 0 saturated carbocycles. The van der Waals surface area contributed by atoms with Gasteiger partial charge in [-0.1, -0.05) is 284 Å². The van der Waals surface area contributed by atoms with E-state index in [1.807, 2.05) is 0 Å². The van der Waals surface area contributed by atoms with E-state index in [0.29, 0.717) is 19.3 Å². The number of allylic oxidation sites excluding steroid dienone is 20. The maximum atomic E-state index is 12.9. The molecule has 79 heavy (non-hydrogen) atoms. The molecule has 0 heterocycles. The molecule has 0 saturated heterocycles. The third-order valence-corrected chi connectivity index (χ3v) is 13.9. The van der Waals surface area contributed by atoms with Crippen LogP contribution in [0, 0.1) is 0 Å². The Labute approximate surface area is 488 Å². The van der Waals surface area contributed by atoms with E-state index in [-0.39, 0.29) is 31.1 Å². The third kappa shape index (κ3) is 64.5. The number of esters is 3. The van der Waals surface area contributed by atoms with E-state index in [4.69, 9.17) is 14.2 Å². The second-order valence-corrected chi connectivity index (χ2v) is 21.6. The largest absolute Gasteiger partial charge is 0.462 e. The van der Waals surface area contributed by atoms with Crippen LogP contribution in [0.5, 0.6) is 0 Å². The normalized spacial score (nSPS) is 12.9. The van der Waals surface area contributed by atoms with Gasteiger partial charge in [-0.2, -0.15) is 0 Å². The quantitative estimate of drug-likeness (QED) is 0.0261. The summed E-state index contributed by atoms with van der Waals surface area (Å²) in [7, 11) is 0. The van der Waals surface area contributed by atoms with Crippen molar-refractivity contribution in [3.8, 4) is 0 Å². The number of hydrogen-bond acceptors (Lipinski definition) is 6. The van der Waals surface area contributed by atoms with Crippen molar-refractivity contribution in [3.05, 3.63) is 122 Å². The standard InChI is InChI=1S/C73H122O6/c1-4-7-10-13-16-19-22-25-28-30-31-32-33-34-35-36-37-38-39-40-41-43-45-48-51-54-57-60-63-66-72(75)78-69-70(68-77-71(74)65-62-59-56-53-50-47-44-27-24-21-18-15-12-9-6-3)79-73(76)67-64-61-58-55-52-49-46-42-29-26-23-20-17-14-11-8-5-2/h7-12,16-21,25-29,31-32,44,70H,4-6,13-15,22-24,30,33-43,45-69H2,1-3H3/b10-7-,11-8-,12-9-,19-16-,20-17-,21-18-,28-25-,29-26-,32-31-,44-27-. The second kappa shape index (κ2) is 66.3. The molecule has 450 valence electrons. The molecule has 1 atom stereocenters. The Kier molecular flexibility index (Phi) is 62.8. The minimum Gasteiger partial charge on any atom is -0.462 e. The van der Waals surface area contributed by atoms with Crippen LogP contribution in [0.4, 0.5) is 0 Å². The number of rotatable bonds is 59. The molecule has 0 bridgehead atoms. The first-order valence-electron chi connectivity index (χ1n) is 33.0. The van der Waals surface area contributed by atoms with Gasteiger partial charge in [0.25, 0.3) is 0 Å². The topological polar surface area (TPSA) is 78.9 Å². The first-order valence-corrected chi connectivity index (χ1v) is 33.0. The van der Waals surface area contributed by atoms with Gasteiger partial charge in [0, 0.05) is 19.3 Å². The summed E-state index contributed by atoms with van der Waals surface area (Å²) in [4.78, 5) is 38.4. The number of carbonyl (C=O) groups is 3. The van der Waals surface area contributed by atoms with Gasteiger partial charge in [-0.25, -0.2) is 0 Å². The molecule has 0 fully saturated rings. The van der Waals surface area contributed by atoms with E-state index in [9.17, 15) is 14.4 Å². The van der Waals surface area contributed by atoms with Gasteiger partial charge in [-0.05, 0) is 122 Å². The summed E-state index contributed by atoms with van der Waals surface area (Å²) in [5, 5.41) is 0. The summed E-state index contributed by atoms with van der Waals surface area (Å²) in [5.41, 5.74) is 0. The molecule has 0 aromatic rings. The van der Waals surface area contributed by atoms with Gasteiger partial charge in [0.1, 0.15) is 13.2 Å². The molecule has 0 amide bonds. The number of carbonyl (C=O) groups excluding carboxylic acids is 3. The van der Waals surface area contributed by atoms with E-state index in [0.717, 1.165) is 148 Å². The van der Waals surface area contributed by atoms with Crippen molar-refractivity contribution in [2.75, 3.05) is 13.2 Å². The molecule has 0 aromatic carbocycles. The molecule has 0 aliphatic heterocycles. The van der Waals surface area contributed by atoms with Gasteiger partial charge in [-0.3, -0.25) is 14.4 Å². The zero-order valence-electron chi connectivity index (χ0n) is 51.6. The fourth-order valence-electron chi connectivity index (χ4n) is 9.11. The fourth-order valence-corrected chi connectivity index (χ4v) is 9.11. The SMILES string of the molecule is CC/C=C\C/C=C\C/C=C\C/C=C\CCCCCCCCCCCCCCCCCCC(=O)OCC(COC(=O)CCCCCCC/C=C\C/C=C\C/C=C\CC)OC(=O)CCCCCCCCC/C=C\C/C=C\C/C=C\CC. The lowest BCUT2D eigenvalue weighted by atomic mass is 10.0. The molecule has 0 aromatic heterocycles. The Morgan fingerprint density at radius 2 is 0.456 bits per heavy atom. The average Bonchev–Trinajstić information content (AvgIpc) is 3.45. The summed E-state index contributed by atoms with van der Waals surface area (Å²) >= 11 is 0. The number of ether oxygens (including phenoxy) is 3. The Bertz CT molecular complexity index is 1640. The Morgan fingerprint density at radius 3 is 0.709 bits per heavy atom. The molecule has 1 unspecified atom stereocenters. The van der Waals surface area contributed by atoms with E-state index < -0.39 is 6.10 Å². The van der Waals surface area contributed by atoms with Gasteiger partial charge < -0.3 is 14.2 Å². The molecule has 0 N–H and O–H groups in total. The summed E-state index contributed by atoms with van der Waals surface area (Å²) in [5.74, 6) is -0.908. The lowest BCUT2D eigenvalue weighted by molar-refractivity contribution is -0.167. The lowest BCUT2D eigenvalue weighted by Crippen LogP contribution is -2.30. The minimum absolute atomic E-state index is 0.0881. The predicted octanol–water partition coefficient (Wildman–Crippen LogP) is 22.8. The van der Waals surface area contributed by atoms with Crippen LogP contribution in [0.15, 0.2) is 122 Å². The molecule has 6 nitrogen and oxygen atoms in total. The van der Waals surface area contributed by atoms with Crippen molar-refractivity contribution in [1.29, 1.82) is 0 Å². The van der Waals surface area contributed by atoms with E-state index in [2.05, 4.69) is 142 Å². The first-order chi connectivity index (χ1) is 39.0. The van der Waals surface area contributed by atoms with Crippen LogP contribution < -0.4 is 0 Å². The molecular formula is C73H122O6. The monoisotopic (exact) mass is 1090 g/mol. The molecule has 6 heteroatoms. The van der Waals surface area contributed by atoms with Crippen LogP contribution in [0.1, 0.15) is 303 Å². The van der Waals surface area contributed by atoms with Crippen LogP contribution in [-0.4, -0.2) is 37.2 Å². The van der Waals surface area contributed by atoms with Crippen LogP contribution in [0.2, 0.25) is 0 Å². The summed E-state index contributed by atoms with van der Waals surface area (Å²) in [6, 6.07) is 0. The number of hydrogen-bond donors (Lipinski definition) is 0. The molecule has 0 spiro atoms. The smallest absolute Gasteiger partial charge is 0.306 e. The maximum absolute atomic E-state index is 12.9. The van der Waals surface area contributed by atoms with Crippen molar-refractivity contribution in [2.45, 2.75) is 309 Å².